The minimum atomic E-state index is -0.855. The number of rotatable bonds is 6. The van der Waals surface area contributed by atoms with Crippen molar-refractivity contribution >= 4 is 17.6 Å². The molecule has 1 aliphatic heterocycles. The molecule has 1 aliphatic carbocycles. The molecule has 1 aromatic rings. The molecule has 1 atom stereocenters. The van der Waals surface area contributed by atoms with Crippen LogP contribution in [0.1, 0.15) is 37.2 Å². The molecular weight excluding hydrogens is 330 g/mol. The molecule has 6 heteroatoms. The molecule has 2 aliphatic rings. The quantitative estimate of drug-likeness (QED) is 0.590. The van der Waals surface area contributed by atoms with Crippen LogP contribution in [0, 0.1) is 5.92 Å². The van der Waals surface area contributed by atoms with Crippen molar-refractivity contribution in [3.63, 3.8) is 0 Å². The van der Waals surface area contributed by atoms with Crippen molar-refractivity contribution in [1.29, 1.82) is 0 Å². The molecule has 2 fully saturated rings. The molecule has 0 bridgehead atoms. The van der Waals surface area contributed by atoms with Crippen molar-refractivity contribution in [2.24, 2.45) is 5.92 Å². The number of carbonyl (C=O) groups excluding carboxylic acids is 3. The second-order valence-electron chi connectivity index (χ2n) is 7.24. The molecule has 0 aromatic heterocycles. The van der Waals surface area contributed by atoms with Gasteiger partial charge in [-0.2, -0.15) is 0 Å². The first-order valence-corrected chi connectivity index (χ1v) is 9.43. The Labute approximate surface area is 154 Å². The lowest BCUT2D eigenvalue weighted by molar-refractivity contribution is -0.142. The molecule has 140 valence electrons. The maximum Gasteiger partial charge on any atom is 0.290 e. The third-order valence-corrected chi connectivity index (χ3v) is 5.51. The van der Waals surface area contributed by atoms with Crippen LogP contribution in [-0.4, -0.2) is 55.2 Å². The minimum Gasteiger partial charge on any atom is -0.353 e. The SMILES string of the molecule is CNCCN1CC(C(=O)NC2CCC(c3ccccc3)CC2)C(=O)C1=O. The van der Waals surface area contributed by atoms with E-state index in [1.807, 2.05) is 6.07 Å². The van der Waals surface area contributed by atoms with Gasteiger partial charge in [-0.15, -0.1) is 0 Å². The lowest BCUT2D eigenvalue weighted by atomic mass is 9.81. The number of carbonyl (C=O) groups is 3. The van der Waals surface area contributed by atoms with E-state index in [1.165, 1.54) is 10.5 Å². The zero-order valence-corrected chi connectivity index (χ0v) is 15.2. The van der Waals surface area contributed by atoms with Crippen molar-refractivity contribution < 1.29 is 14.4 Å². The molecule has 0 spiro atoms. The van der Waals surface area contributed by atoms with Crippen LogP contribution in [0.2, 0.25) is 0 Å². The predicted molar refractivity (Wildman–Crippen MR) is 98.6 cm³/mol. The Hall–Kier alpha value is -2.21. The smallest absolute Gasteiger partial charge is 0.290 e. The van der Waals surface area contributed by atoms with Gasteiger partial charge in [0.1, 0.15) is 5.92 Å². The third-order valence-electron chi connectivity index (χ3n) is 5.51. The Morgan fingerprint density at radius 1 is 1.12 bits per heavy atom. The standard InChI is InChI=1S/C20H27N3O3/c1-21-11-12-23-13-17(18(24)20(23)26)19(25)22-16-9-7-15(8-10-16)14-5-3-2-4-6-14/h2-6,15-17,21H,7-13H2,1H3,(H,22,25). The van der Waals surface area contributed by atoms with Crippen LogP contribution in [0.4, 0.5) is 0 Å². The van der Waals surface area contributed by atoms with E-state index in [-0.39, 0.29) is 18.5 Å². The van der Waals surface area contributed by atoms with Gasteiger partial charge in [-0.1, -0.05) is 30.3 Å². The summed E-state index contributed by atoms with van der Waals surface area (Å²) in [5, 5.41) is 5.96. The average Bonchev–Trinajstić information content (AvgIpc) is 2.96. The highest BCUT2D eigenvalue weighted by Gasteiger charge is 2.43. The van der Waals surface area contributed by atoms with Gasteiger partial charge in [0.2, 0.25) is 11.7 Å². The zero-order valence-electron chi connectivity index (χ0n) is 15.2. The van der Waals surface area contributed by atoms with E-state index in [9.17, 15) is 14.4 Å². The lowest BCUT2D eigenvalue weighted by Gasteiger charge is -2.30. The van der Waals surface area contributed by atoms with E-state index in [4.69, 9.17) is 0 Å². The second-order valence-corrected chi connectivity index (χ2v) is 7.24. The molecule has 1 saturated carbocycles. The number of nitrogens with one attached hydrogen (secondary N) is 2. The topological polar surface area (TPSA) is 78.5 Å². The second kappa shape index (κ2) is 8.45. The molecule has 1 heterocycles. The lowest BCUT2D eigenvalue weighted by Crippen LogP contribution is -2.43. The Morgan fingerprint density at radius 3 is 2.46 bits per heavy atom. The molecule has 6 nitrogen and oxygen atoms in total. The summed E-state index contributed by atoms with van der Waals surface area (Å²) < 4.78 is 0. The summed E-state index contributed by atoms with van der Waals surface area (Å²) >= 11 is 0. The van der Waals surface area contributed by atoms with Crippen molar-refractivity contribution in [1.82, 2.24) is 15.5 Å². The number of amides is 2. The van der Waals surface area contributed by atoms with Crippen LogP contribution in [-0.2, 0) is 14.4 Å². The highest BCUT2D eigenvalue weighted by Crippen LogP contribution is 2.32. The molecule has 0 radical (unpaired) electrons. The molecule has 3 rings (SSSR count). The number of likely N-dealkylation sites (N-methyl/N-ethyl adjacent to an activating group) is 1. The van der Waals surface area contributed by atoms with Gasteiger partial charge < -0.3 is 15.5 Å². The molecule has 2 N–H and O–H groups in total. The van der Waals surface area contributed by atoms with Gasteiger partial charge in [-0.25, -0.2) is 0 Å². The largest absolute Gasteiger partial charge is 0.353 e. The molecule has 1 unspecified atom stereocenters. The monoisotopic (exact) mass is 357 g/mol. The van der Waals surface area contributed by atoms with E-state index in [0.29, 0.717) is 19.0 Å². The van der Waals surface area contributed by atoms with Crippen molar-refractivity contribution in [3.8, 4) is 0 Å². The Kier molecular flexibility index (Phi) is 6.04. The highest BCUT2D eigenvalue weighted by molar-refractivity contribution is 6.42. The van der Waals surface area contributed by atoms with Crippen LogP contribution in [0.3, 0.4) is 0 Å². The van der Waals surface area contributed by atoms with Crippen LogP contribution in [0.5, 0.6) is 0 Å². The van der Waals surface area contributed by atoms with Crippen LogP contribution in [0.15, 0.2) is 30.3 Å². The van der Waals surface area contributed by atoms with Gasteiger partial charge in [0, 0.05) is 25.7 Å². The number of hydrogen-bond acceptors (Lipinski definition) is 4. The Bertz CT molecular complexity index is 654. The van der Waals surface area contributed by atoms with Crippen molar-refractivity contribution in [3.05, 3.63) is 35.9 Å². The Balaban J connectivity index is 1.50. The first-order chi connectivity index (χ1) is 12.6. The van der Waals surface area contributed by atoms with Crippen LogP contribution < -0.4 is 10.6 Å². The molecule has 26 heavy (non-hydrogen) atoms. The third kappa shape index (κ3) is 4.12. The van der Waals surface area contributed by atoms with E-state index in [1.54, 1.807) is 7.05 Å². The fourth-order valence-corrected chi connectivity index (χ4v) is 3.93. The minimum absolute atomic E-state index is 0.0942. The summed E-state index contributed by atoms with van der Waals surface area (Å²) in [6.07, 6.45) is 3.87. The fraction of sp³-hybridized carbons (Fsp3) is 0.550. The highest BCUT2D eigenvalue weighted by atomic mass is 16.2. The summed E-state index contributed by atoms with van der Waals surface area (Å²) in [6.45, 7) is 1.26. The van der Waals surface area contributed by atoms with Gasteiger partial charge >= 0.3 is 0 Å². The van der Waals surface area contributed by atoms with E-state index < -0.39 is 17.6 Å². The van der Waals surface area contributed by atoms with Gasteiger partial charge in [-0.3, -0.25) is 14.4 Å². The number of likely N-dealkylation sites (tertiary alicyclic amines) is 1. The summed E-state index contributed by atoms with van der Waals surface area (Å²) in [5.74, 6) is -1.72. The predicted octanol–water partition coefficient (Wildman–Crippen LogP) is 1.08. The van der Waals surface area contributed by atoms with Gasteiger partial charge in [0.05, 0.1) is 0 Å². The van der Waals surface area contributed by atoms with Crippen molar-refractivity contribution in [2.75, 3.05) is 26.7 Å². The number of Topliss-reactive ketones (excluding diaryl/α,β-unsaturated/α-hetero) is 1. The molecule has 1 aromatic carbocycles. The number of ketones is 1. The van der Waals surface area contributed by atoms with E-state index in [0.717, 1.165) is 25.7 Å². The van der Waals surface area contributed by atoms with Gasteiger partial charge in [0.25, 0.3) is 5.91 Å². The first kappa shape index (κ1) is 18.6. The van der Waals surface area contributed by atoms with Crippen LogP contribution >= 0.6 is 0 Å². The van der Waals surface area contributed by atoms with E-state index in [2.05, 4.69) is 34.9 Å². The maximum absolute atomic E-state index is 12.5. The zero-order chi connectivity index (χ0) is 18.5. The average molecular weight is 357 g/mol. The fourth-order valence-electron chi connectivity index (χ4n) is 3.93. The summed E-state index contributed by atoms with van der Waals surface area (Å²) in [5.41, 5.74) is 1.36. The summed E-state index contributed by atoms with van der Waals surface area (Å²) in [4.78, 5) is 38.1. The first-order valence-electron chi connectivity index (χ1n) is 9.43. The number of benzene rings is 1. The molecular formula is C20H27N3O3. The molecule has 2 amide bonds. The summed E-state index contributed by atoms with van der Waals surface area (Å²) in [6, 6.07) is 10.6. The van der Waals surface area contributed by atoms with Gasteiger partial charge in [-0.05, 0) is 44.2 Å². The molecule has 1 saturated heterocycles. The van der Waals surface area contributed by atoms with Gasteiger partial charge in [0.15, 0.2) is 0 Å². The normalized spacial score (nSPS) is 26.2. The summed E-state index contributed by atoms with van der Waals surface area (Å²) in [7, 11) is 1.79. The number of hydrogen-bond donors (Lipinski definition) is 2. The van der Waals surface area contributed by atoms with Crippen molar-refractivity contribution in [2.45, 2.75) is 37.6 Å². The maximum atomic E-state index is 12.5. The van der Waals surface area contributed by atoms with E-state index >= 15 is 0 Å². The Morgan fingerprint density at radius 2 is 1.81 bits per heavy atom. The number of nitrogens with zero attached hydrogens (tertiary/aromatic N) is 1. The van der Waals surface area contributed by atoms with Crippen LogP contribution in [0.25, 0.3) is 0 Å².